The van der Waals surface area contributed by atoms with Crippen LogP contribution in [0.1, 0.15) is 31.2 Å². The lowest BCUT2D eigenvalue weighted by Crippen LogP contribution is -2.32. The molecule has 4 nitrogen and oxygen atoms in total. The molecule has 1 aromatic rings. The van der Waals surface area contributed by atoms with Crippen molar-refractivity contribution in [3.8, 4) is 5.75 Å². The molecule has 1 fully saturated rings. The van der Waals surface area contributed by atoms with E-state index in [1.165, 1.54) is 18.4 Å². The van der Waals surface area contributed by atoms with Gasteiger partial charge in [0.15, 0.2) is 6.61 Å². The average Bonchev–Trinajstić information content (AvgIpc) is 2.88. The van der Waals surface area contributed by atoms with Crippen molar-refractivity contribution in [3.05, 3.63) is 23.8 Å². The summed E-state index contributed by atoms with van der Waals surface area (Å²) in [7, 11) is 0. The van der Waals surface area contributed by atoms with Gasteiger partial charge in [0.2, 0.25) is 0 Å². The van der Waals surface area contributed by atoms with Crippen LogP contribution in [0.15, 0.2) is 18.2 Å². The monoisotopic (exact) mass is 246 g/mol. The molecule has 0 saturated heterocycles. The van der Waals surface area contributed by atoms with Gasteiger partial charge in [-0.05, 0) is 30.5 Å². The van der Waals surface area contributed by atoms with Gasteiger partial charge >= 0.3 is 0 Å². The predicted octanol–water partition coefficient (Wildman–Crippen LogP) is 1.79. The molecule has 3 rings (SSSR count). The van der Waals surface area contributed by atoms with Gasteiger partial charge in [0.05, 0.1) is 5.69 Å². The summed E-state index contributed by atoms with van der Waals surface area (Å²) < 4.78 is 5.38. The Hall–Kier alpha value is -1.55. The molecular weight excluding hydrogens is 228 g/mol. The fourth-order valence-corrected chi connectivity index (χ4v) is 3.08. The largest absolute Gasteiger partial charge is 0.482 e. The van der Waals surface area contributed by atoms with Crippen LogP contribution < -0.4 is 15.8 Å². The van der Waals surface area contributed by atoms with Crippen molar-refractivity contribution in [2.24, 2.45) is 5.73 Å². The maximum atomic E-state index is 11.3. The maximum Gasteiger partial charge on any atom is 0.262 e. The third kappa shape index (κ3) is 1.77. The van der Waals surface area contributed by atoms with Gasteiger partial charge < -0.3 is 15.8 Å². The Bertz CT molecular complexity index is 479. The van der Waals surface area contributed by atoms with Gasteiger partial charge in [-0.1, -0.05) is 18.9 Å². The molecule has 0 aromatic heterocycles. The number of amides is 1. The van der Waals surface area contributed by atoms with Gasteiger partial charge in [-0.25, -0.2) is 0 Å². The summed E-state index contributed by atoms with van der Waals surface area (Å²) in [6, 6.07) is 6.07. The Balaban J connectivity index is 1.98. The first-order valence-electron chi connectivity index (χ1n) is 6.51. The number of nitrogens with one attached hydrogen (secondary N) is 1. The lowest BCUT2D eigenvalue weighted by molar-refractivity contribution is -0.118. The number of hydrogen-bond acceptors (Lipinski definition) is 3. The Morgan fingerprint density at radius 2 is 2.11 bits per heavy atom. The van der Waals surface area contributed by atoms with Gasteiger partial charge in [-0.2, -0.15) is 0 Å². The molecule has 0 radical (unpaired) electrons. The van der Waals surface area contributed by atoms with Crippen LogP contribution in [-0.4, -0.2) is 19.1 Å². The van der Waals surface area contributed by atoms with Gasteiger partial charge in [0.1, 0.15) is 5.75 Å². The van der Waals surface area contributed by atoms with Crippen LogP contribution in [-0.2, 0) is 10.2 Å². The van der Waals surface area contributed by atoms with Crippen LogP contribution in [0.25, 0.3) is 0 Å². The maximum absolute atomic E-state index is 11.3. The summed E-state index contributed by atoms with van der Waals surface area (Å²) in [6.07, 6.45) is 4.74. The quantitative estimate of drug-likeness (QED) is 0.836. The van der Waals surface area contributed by atoms with Crippen molar-refractivity contribution in [1.29, 1.82) is 0 Å². The van der Waals surface area contributed by atoms with Crippen molar-refractivity contribution in [2.75, 3.05) is 18.5 Å². The van der Waals surface area contributed by atoms with Gasteiger partial charge in [0.25, 0.3) is 5.91 Å². The summed E-state index contributed by atoms with van der Waals surface area (Å²) >= 11 is 0. The number of benzene rings is 1. The molecule has 1 aliphatic heterocycles. The SMILES string of the molecule is NCC1(c2ccc3c(c2)NC(=O)CO3)CCCC1. The summed E-state index contributed by atoms with van der Waals surface area (Å²) in [4.78, 5) is 11.3. The highest BCUT2D eigenvalue weighted by Gasteiger charge is 2.35. The average molecular weight is 246 g/mol. The van der Waals surface area contributed by atoms with Crippen molar-refractivity contribution in [2.45, 2.75) is 31.1 Å². The molecule has 3 N–H and O–H groups in total. The lowest BCUT2D eigenvalue weighted by Gasteiger charge is -2.29. The second kappa shape index (κ2) is 4.28. The second-order valence-corrected chi connectivity index (χ2v) is 5.24. The Kier molecular flexibility index (Phi) is 2.74. The number of anilines is 1. The number of rotatable bonds is 2. The molecule has 1 aliphatic carbocycles. The molecule has 0 atom stereocenters. The van der Waals surface area contributed by atoms with Crippen LogP contribution >= 0.6 is 0 Å². The summed E-state index contributed by atoms with van der Waals surface area (Å²) in [5.74, 6) is 0.663. The summed E-state index contributed by atoms with van der Waals surface area (Å²) in [5, 5.41) is 2.86. The molecule has 96 valence electrons. The van der Waals surface area contributed by atoms with E-state index in [9.17, 15) is 4.79 Å². The third-order valence-electron chi connectivity index (χ3n) is 4.18. The summed E-state index contributed by atoms with van der Waals surface area (Å²) in [6.45, 7) is 0.773. The molecule has 4 heteroatoms. The Morgan fingerprint density at radius 3 is 2.83 bits per heavy atom. The summed E-state index contributed by atoms with van der Waals surface area (Å²) in [5.41, 5.74) is 8.09. The highest BCUT2D eigenvalue weighted by atomic mass is 16.5. The van der Waals surface area contributed by atoms with E-state index < -0.39 is 0 Å². The van der Waals surface area contributed by atoms with E-state index in [0.29, 0.717) is 6.54 Å². The fraction of sp³-hybridized carbons (Fsp3) is 0.500. The first-order chi connectivity index (χ1) is 8.73. The minimum absolute atomic E-state index is 0.0899. The normalized spacial score (nSPS) is 21.1. The Morgan fingerprint density at radius 1 is 1.33 bits per heavy atom. The lowest BCUT2D eigenvalue weighted by atomic mass is 9.79. The van der Waals surface area contributed by atoms with Crippen LogP contribution in [0.4, 0.5) is 5.69 Å². The molecule has 0 spiro atoms. The second-order valence-electron chi connectivity index (χ2n) is 5.24. The minimum atomic E-state index is -0.0899. The van der Waals surface area contributed by atoms with E-state index in [1.54, 1.807) is 0 Å². The zero-order valence-electron chi connectivity index (χ0n) is 10.4. The van der Waals surface area contributed by atoms with Crippen LogP contribution in [0, 0.1) is 0 Å². The van der Waals surface area contributed by atoms with Crippen LogP contribution in [0.3, 0.4) is 0 Å². The van der Waals surface area contributed by atoms with E-state index in [2.05, 4.69) is 11.4 Å². The van der Waals surface area contributed by atoms with Gasteiger partial charge in [-0.15, -0.1) is 0 Å². The molecule has 1 heterocycles. The molecule has 2 aliphatic rings. The molecular formula is C14H18N2O2. The predicted molar refractivity (Wildman–Crippen MR) is 69.8 cm³/mol. The van der Waals surface area contributed by atoms with E-state index in [4.69, 9.17) is 10.5 Å². The first-order valence-corrected chi connectivity index (χ1v) is 6.51. The Labute approximate surface area is 107 Å². The molecule has 1 saturated carbocycles. The van der Waals surface area contributed by atoms with Crippen LogP contribution in [0.2, 0.25) is 0 Å². The number of nitrogens with two attached hydrogens (primary N) is 1. The molecule has 0 unspecified atom stereocenters. The number of fused-ring (bicyclic) bond motifs is 1. The molecule has 1 amide bonds. The number of ether oxygens (including phenoxy) is 1. The highest BCUT2D eigenvalue weighted by molar-refractivity contribution is 5.95. The standard InChI is InChI=1S/C14H18N2O2/c15-9-14(5-1-2-6-14)10-3-4-12-11(7-10)16-13(17)8-18-12/h3-4,7H,1-2,5-6,8-9,15H2,(H,16,17). The van der Waals surface area contributed by atoms with Crippen molar-refractivity contribution in [1.82, 2.24) is 0 Å². The number of carbonyl (C=O) groups is 1. The van der Waals surface area contributed by atoms with E-state index >= 15 is 0 Å². The van der Waals surface area contributed by atoms with Gasteiger partial charge in [-0.3, -0.25) is 4.79 Å². The third-order valence-corrected chi connectivity index (χ3v) is 4.18. The number of carbonyl (C=O) groups excluding carboxylic acids is 1. The fourth-order valence-electron chi connectivity index (χ4n) is 3.08. The number of hydrogen-bond donors (Lipinski definition) is 2. The van der Waals surface area contributed by atoms with Crippen molar-refractivity contribution < 1.29 is 9.53 Å². The van der Waals surface area contributed by atoms with E-state index in [0.717, 1.165) is 24.3 Å². The molecule has 0 bridgehead atoms. The highest BCUT2D eigenvalue weighted by Crippen LogP contribution is 2.42. The minimum Gasteiger partial charge on any atom is -0.482 e. The van der Waals surface area contributed by atoms with Gasteiger partial charge in [0, 0.05) is 12.0 Å². The molecule has 1 aromatic carbocycles. The van der Waals surface area contributed by atoms with Crippen molar-refractivity contribution >= 4 is 11.6 Å². The van der Waals surface area contributed by atoms with Crippen molar-refractivity contribution in [3.63, 3.8) is 0 Å². The topological polar surface area (TPSA) is 64.3 Å². The zero-order chi connectivity index (χ0) is 12.6. The zero-order valence-corrected chi connectivity index (χ0v) is 10.4. The van der Waals surface area contributed by atoms with E-state index in [-0.39, 0.29) is 17.9 Å². The van der Waals surface area contributed by atoms with E-state index in [1.807, 2.05) is 12.1 Å². The smallest absolute Gasteiger partial charge is 0.262 e. The molecule has 18 heavy (non-hydrogen) atoms. The first kappa shape index (κ1) is 11.5. The van der Waals surface area contributed by atoms with Crippen LogP contribution in [0.5, 0.6) is 5.75 Å².